The highest BCUT2D eigenvalue weighted by molar-refractivity contribution is 5.75. The molecule has 4 heteroatoms. The van der Waals surface area contributed by atoms with Crippen LogP contribution in [0.4, 0.5) is 0 Å². The highest BCUT2D eigenvalue weighted by Crippen LogP contribution is 2.38. The van der Waals surface area contributed by atoms with E-state index in [2.05, 4.69) is 13.8 Å². The van der Waals surface area contributed by atoms with Crippen LogP contribution < -0.4 is 10.5 Å². The summed E-state index contributed by atoms with van der Waals surface area (Å²) in [6.07, 6.45) is 2.03. The molecule has 2 aromatic rings. The van der Waals surface area contributed by atoms with Crippen molar-refractivity contribution in [1.82, 2.24) is 0 Å². The molecule has 0 aliphatic rings. The molecule has 0 saturated heterocycles. The molecule has 0 spiro atoms. The quantitative estimate of drug-likeness (QED) is 0.771. The zero-order valence-corrected chi connectivity index (χ0v) is 14.2. The zero-order valence-electron chi connectivity index (χ0n) is 14.2. The molecular formula is C20H25NO3. The summed E-state index contributed by atoms with van der Waals surface area (Å²) in [7, 11) is 0. The van der Waals surface area contributed by atoms with Crippen molar-refractivity contribution in [2.75, 3.05) is 6.61 Å². The Kier molecular flexibility index (Phi) is 6.24. The van der Waals surface area contributed by atoms with Crippen molar-refractivity contribution < 1.29 is 14.6 Å². The number of amides is 1. The maximum absolute atomic E-state index is 10.8. The van der Waals surface area contributed by atoms with Gasteiger partial charge in [-0.1, -0.05) is 38.1 Å². The van der Waals surface area contributed by atoms with E-state index < -0.39 is 5.91 Å². The van der Waals surface area contributed by atoms with Crippen LogP contribution in [0.2, 0.25) is 0 Å². The smallest absolute Gasteiger partial charge is 0.255 e. The summed E-state index contributed by atoms with van der Waals surface area (Å²) in [5.74, 6) is 1.21. The summed E-state index contributed by atoms with van der Waals surface area (Å²) in [5.41, 5.74) is 7.56. The second-order valence-corrected chi connectivity index (χ2v) is 5.95. The van der Waals surface area contributed by atoms with E-state index >= 15 is 0 Å². The summed E-state index contributed by atoms with van der Waals surface area (Å²) in [5, 5.41) is 9.50. The molecule has 2 atom stereocenters. The molecule has 2 rings (SSSR count). The van der Waals surface area contributed by atoms with Gasteiger partial charge >= 0.3 is 0 Å². The Morgan fingerprint density at radius 1 is 0.958 bits per heavy atom. The number of nitrogens with two attached hydrogens (primary N) is 1. The number of phenols is 1. The van der Waals surface area contributed by atoms with Crippen LogP contribution >= 0.6 is 0 Å². The molecule has 0 aliphatic carbocycles. The first-order valence-electron chi connectivity index (χ1n) is 8.35. The summed E-state index contributed by atoms with van der Waals surface area (Å²) >= 11 is 0. The molecule has 0 aliphatic heterocycles. The number of hydrogen-bond donors (Lipinski definition) is 2. The summed E-state index contributed by atoms with van der Waals surface area (Å²) in [4.78, 5) is 10.8. The third-order valence-corrected chi connectivity index (χ3v) is 4.38. The predicted octanol–water partition coefficient (Wildman–Crippen LogP) is 3.94. The molecule has 128 valence electrons. The van der Waals surface area contributed by atoms with E-state index in [0.29, 0.717) is 17.6 Å². The first kappa shape index (κ1) is 17.9. The molecule has 24 heavy (non-hydrogen) atoms. The van der Waals surface area contributed by atoms with Gasteiger partial charge in [0.1, 0.15) is 11.5 Å². The van der Waals surface area contributed by atoms with Gasteiger partial charge in [0.05, 0.1) is 0 Å². The monoisotopic (exact) mass is 327 g/mol. The Hall–Kier alpha value is -2.49. The van der Waals surface area contributed by atoms with E-state index in [1.54, 1.807) is 12.1 Å². The van der Waals surface area contributed by atoms with E-state index in [4.69, 9.17) is 10.5 Å². The average Bonchev–Trinajstić information content (AvgIpc) is 2.59. The van der Waals surface area contributed by atoms with Crippen LogP contribution in [0, 0.1) is 0 Å². The third-order valence-electron chi connectivity index (χ3n) is 4.38. The molecule has 0 aromatic heterocycles. The minimum Gasteiger partial charge on any atom is -0.508 e. The molecule has 4 nitrogen and oxygen atoms in total. The minimum absolute atomic E-state index is 0.109. The second kappa shape index (κ2) is 8.39. The Morgan fingerprint density at radius 3 is 1.83 bits per heavy atom. The van der Waals surface area contributed by atoms with Crippen molar-refractivity contribution in [3.8, 4) is 11.5 Å². The summed E-state index contributed by atoms with van der Waals surface area (Å²) in [6, 6.07) is 15.3. The molecular weight excluding hydrogens is 302 g/mol. The largest absolute Gasteiger partial charge is 0.508 e. The molecule has 0 unspecified atom stereocenters. The van der Waals surface area contributed by atoms with E-state index in [-0.39, 0.29) is 12.4 Å². The number of carbonyl (C=O) groups is 1. The standard InChI is InChI=1S/C20H25NO3/c1-3-18(14-5-9-16(22)10-6-14)19(4-2)15-7-11-17(12-8-15)24-13-20(21)23/h5-12,18-19,22H,3-4,13H2,1-2H3,(H2,21,23)/t18-,19-/m1/s1. The van der Waals surface area contributed by atoms with Crippen molar-refractivity contribution in [3.63, 3.8) is 0 Å². The topological polar surface area (TPSA) is 72.6 Å². The molecule has 0 saturated carbocycles. The Labute approximate surface area is 143 Å². The fourth-order valence-corrected chi connectivity index (χ4v) is 3.19. The van der Waals surface area contributed by atoms with Crippen molar-refractivity contribution >= 4 is 5.91 Å². The van der Waals surface area contributed by atoms with Gasteiger partial charge in [-0.05, 0) is 60.1 Å². The number of hydrogen-bond acceptors (Lipinski definition) is 3. The first-order valence-corrected chi connectivity index (χ1v) is 8.35. The Balaban J connectivity index is 2.19. The van der Waals surface area contributed by atoms with Crippen LogP contribution in [-0.2, 0) is 4.79 Å². The molecule has 3 N–H and O–H groups in total. The van der Waals surface area contributed by atoms with Crippen molar-refractivity contribution in [3.05, 3.63) is 59.7 Å². The fourth-order valence-electron chi connectivity index (χ4n) is 3.19. The van der Waals surface area contributed by atoms with Crippen LogP contribution in [-0.4, -0.2) is 17.6 Å². The molecule has 1 amide bonds. The van der Waals surface area contributed by atoms with Crippen LogP contribution in [0.25, 0.3) is 0 Å². The number of phenolic OH excluding ortho intramolecular Hbond substituents is 1. The predicted molar refractivity (Wildman–Crippen MR) is 95.3 cm³/mol. The van der Waals surface area contributed by atoms with Crippen molar-refractivity contribution in [1.29, 1.82) is 0 Å². The van der Waals surface area contributed by atoms with Gasteiger partial charge in [0.25, 0.3) is 5.91 Å². The first-order chi connectivity index (χ1) is 11.5. The number of rotatable bonds is 8. The van der Waals surface area contributed by atoms with Crippen molar-refractivity contribution in [2.24, 2.45) is 5.73 Å². The van der Waals surface area contributed by atoms with E-state index in [1.807, 2.05) is 36.4 Å². The highest BCUT2D eigenvalue weighted by Gasteiger charge is 2.22. The van der Waals surface area contributed by atoms with Gasteiger partial charge in [-0.25, -0.2) is 0 Å². The second-order valence-electron chi connectivity index (χ2n) is 5.95. The van der Waals surface area contributed by atoms with Gasteiger partial charge in [0.15, 0.2) is 6.61 Å². The van der Waals surface area contributed by atoms with Crippen LogP contribution in [0.1, 0.15) is 49.7 Å². The maximum Gasteiger partial charge on any atom is 0.255 e. The molecule has 0 heterocycles. The minimum atomic E-state index is -0.483. The van der Waals surface area contributed by atoms with Gasteiger partial charge in [-0.15, -0.1) is 0 Å². The molecule has 0 bridgehead atoms. The summed E-state index contributed by atoms with van der Waals surface area (Å²) in [6.45, 7) is 4.26. The van der Waals surface area contributed by atoms with Gasteiger partial charge in [0.2, 0.25) is 0 Å². The van der Waals surface area contributed by atoms with E-state index in [0.717, 1.165) is 12.8 Å². The zero-order chi connectivity index (χ0) is 17.5. The Morgan fingerprint density at radius 2 is 1.42 bits per heavy atom. The number of ether oxygens (including phenoxy) is 1. The van der Waals surface area contributed by atoms with Crippen LogP contribution in [0.15, 0.2) is 48.5 Å². The van der Waals surface area contributed by atoms with Gasteiger partial charge in [-0.2, -0.15) is 0 Å². The van der Waals surface area contributed by atoms with Gasteiger partial charge in [-0.3, -0.25) is 4.79 Å². The third kappa shape index (κ3) is 4.51. The maximum atomic E-state index is 10.8. The van der Waals surface area contributed by atoms with Gasteiger partial charge in [0, 0.05) is 0 Å². The number of benzene rings is 2. The molecule has 0 radical (unpaired) electrons. The lowest BCUT2D eigenvalue weighted by atomic mass is 9.78. The lowest BCUT2D eigenvalue weighted by molar-refractivity contribution is -0.119. The molecule has 0 fully saturated rings. The lowest BCUT2D eigenvalue weighted by Crippen LogP contribution is -2.20. The van der Waals surface area contributed by atoms with Crippen molar-refractivity contribution in [2.45, 2.75) is 38.5 Å². The Bertz CT molecular complexity index is 650. The van der Waals surface area contributed by atoms with Crippen LogP contribution in [0.3, 0.4) is 0 Å². The highest BCUT2D eigenvalue weighted by atomic mass is 16.5. The normalized spacial score (nSPS) is 13.2. The number of aromatic hydroxyl groups is 1. The van der Waals surface area contributed by atoms with Crippen LogP contribution in [0.5, 0.6) is 11.5 Å². The number of carbonyl (C=O) groups excluding carboxylic acids is 1. The lowest BCUT2D eigenvalue weighted by Gasteiger charge is -2.26. The average molecular weight is 327 g/mol. The summed E-state index contributed by atoms with van der Waals surface area (Å²) < 4.78 is 5.32. The molecule has 2 aromatic carbocycles. The SMILES string of the molecule is CC[C@H](c1ccc(O)cc1)[C@H](CC)c1ccc(OCC(N)=O)cc1. The van der Waals surface area contributed by atoms with E-state index in [9.17, 15) is 9.90 Å². The fraction of sp³-hybridized carbons (Fsp3) is 0.350. The van der Waals surface area contributed by atoms with Gasteiger partial charge < -0.3 is 15.6 Å². The van der Waals surface area contributed by atoms with E-state index in [1.165, 1.54) is 11.1 Å². The number of primary amides is 1.